The number of ether oxygens (including phenoxy) is 2. The molecule has 88 valence electrons. The SMILES string of the molecule is CCC1O[C@@H](F)C(OC(C)=O)[C@@H](C)[C@@H]1C. The van der Waals surface area contributed by atoms with Crippen molar-refractivity contribution in [2.75, 3.05) is 0 Å². The summed E-state index contributed by atoms with van der Waals surface area (Å²) in [6.45, 7) is 7.15. The minimum Gasteiger partial charge on any atom is -0.457 e. The molecule has 0 bridgehead atoms. The van der Waals surface area contributed by atoms with Gasteiger partial charge in [0.25, 0.3) is 0 Å². The molecule has 0 aromatic carbocycles. The molecule has 5 atom stereocenters. The van der Waals surface area contributed by atoms with E-state index in [0.29, 0.717) is 0 Å². The summed E-state index contributed by atoms with van der Waals surface area (Å²) in [7, 11) is 0. The van der Waals surface area contributed by atoms with Gasteiger partial charge in [0.15, 0.2) is 6.10 Å². The Hall–Kier alpha value is -0.640. The van der Waals surface area contributed by atoms with E-state index in [0.717, 1.165) is 6.42 Å². The smallest absolute Gasteiger partial charge is 0.303 e. The van der Waals surface area contributed by atoms with E-state index in [2.05, 4.69) is 0 Å². The number of hydrogen-bond acceptors (Lipinski definition) is 3. The number of halogens is 1. The Morgan fingerprint density at radius 3 is 2.47 bits per heavy atom. The molecule has 1 saturated heterocycles. The maximum atomic E-state index is 13.6. The first kappa shape index (κ1) is 12.4. The van der Waals surface area contributed by atoms with Gasteiger partial charge in [-0.1, -0.05) is 20.8 Å². The van der Waals surface area contributed by atoms with Crippen molar-refractivity contribution in [3.8, 4) is 0 Å². The van der Waals surface area contributed by atoms with E-state index in [9.17, 15) is 9.18 Å². The van der Waals surface area contributed by atoms with Crippen LogP contribution in [-0.4, -0.2) is 24.5 Å². The van der Waals surface area contributed by atoms with Gasteiger partial charge in [0.2, 0.25) is 6.36 Å². The molecule has 1 fully saturated rings. The van der Waals surface area contributed by atoms with Gasteiger partial charge in [-0.05, 0) is 12.3 Å². The molecule has 0 radical (unpaired) electrons. The molecule has 1 heterocycles. The van der Waals surface area contributed by atoms with Crippen LogP contribution >= 0.6 is 0 Å². The molecule has 0 spiro atoms. The van der Waals surface area contributed by atoms with Gasteiger partial charge >= 0.3 is 5.97 Å². The predicted molar refractivity (Wildman–Crippen MR) is 53.9 cm³/mol. The summed E-state index contributed by atoms with van der Waals surface area (Å²) in [6.07, 6.45) is -1.56. The average molecular weight is 218 g/mol. The molecular formula is C11H19FO3. The molecule has 0 aliphatic carbocycles. The van der Waals surface area contributed by atoms with Crippen LogP contribution in [0.5, 0.6) is 0 Å². The van der Waals surface area contributed by atoms with Crippen LogP contribution in [0.1, 0.15) is 34.1 Å². The lowest BCUT2D eigenvalue weighted by Crippen LogP contribution is -2.48. The van der Waals surface area contributed by atoms with E-state index >= 15 is 0 Å². The molecule has 0 saturated carbocycles. The largest absolute Gasteiger partial charge is 0.457 e. The maximum absolute atomic E-state index is 13.6. The summed E-state index contributed by atoms with van der Waals surface area (Å²) in [5, 5.41) is 0. The summed E-state index contributed by atoms with van der Waals surface area (Å²) in [4.78, 5) is 10.8. The third-order valence-electron chi connectivity index (χ3n) is 3.20. The second-order valence-corrected chi connectivity index (χ2v) is 4.23. The van der Waals surface area contributed by atoms with Crippen LogP contribution in [-0.2, 0) is 14.3 Å². The van der Waals surface area contributed by atoms with Crippen molar-refractivity contribution >= 4 is 5.97 Å². The molecule has 0 aromatic rings. The fraction of sp³-hybridized carbons (Fsp3) is 0.909. The van der Waals surface area contributed by atoms with Gasteiger partial charge in [-0.2, -0.15) is 0 Å². The lowest BCUT2D eigenvalue weighted by molar-refractivity contribution is -0.229. The highest BCUT2D eigenvalue weighted by Gasteiger charge is 2.42. The average Bonchev–Trinajstić information content (AvgIpc) is 2.18. The molecule has 0 amide bonds. The molecule has 1 aliphatic heterocycles. The molecule has 1 rings (SSSR count). The minimum atomic E-state index is -1.50. The van der Waals surface area contributed by atoms with Crippen molar-refractivity contribution < 1.29 is 18.7 Å². The number of carbonyl (C=O) groups is 1. The van der Waals surface area contributed by atoms with Gasteiger partial charge < -0.3 is 9.47 Å². The molecule has 4 heteroatoms. The zero-order valence-corrected chi connectivity index (χ0v) is 9.70. The highest BCUT2D eigenvalue weighted by atomic mass is 19.1. The Morgan fingerprint density at radius 2 is 2.00 bits per heavy atom. The van der Waals surface area contributed by atoms with Crippen LogP contribution in [0.15, 0.2) is 0 Å². The topological polar surface area (TPSA) is 35.5 Å². The van der Waals surface area contributed by atoms with Gasteiger partial charge in [0.1, 0.15) is 0 Å². The Morgan fingerprint density at radius 1 is 1.40 bits per heavy atom. The number of carbonyl (C=O) groups excluding carboxylic acids is 1. The lowest BCUT2D eigenvalue weighted by atomic mass is 9.83. The van der Waals surface area contributed by atoms with Crippen molar-refractivity contribution in [3.63, 3.8) is 0 Å². The Balaban J connectivity index is 2.70. The summed E-state index contributed by atoms with van der Waals surface area (Å²) in [6, 6.07) is 0. The van der Waals surface area contributed by atoms with Gasteiger partial charge in [0, 0.05) is 12.8 Å². The zero-order valence-electron chi connectivity index (χ0n) is 9.70. The Bertz CT molecular complexity index is 232. The number of alkyl halides is 1. The van der Waals surface area contributed by atoms with Gasteiger partial charge in [-0.3, -0.25) is 4.79 Å². The van der Waals surface area contributed by atoms with Crippen molar-refractivity contribution in [2.45, 2.75) is 52.7 Å². The molecule has 2 unspecified atom stereocenters. The molecular weight excluding hydrogens is 199 g/mol. The number of esters is 1. The molecule has 1 aliphatic rings. The van der Waals surface area contributed by atoms with Crippen LogP contribution in [0.4, 0.5) is 4.39 Å². The van der Waals surface area contributed by atoms with Gasteiger partial charge in [-0.25, -0.2) is 4.39 Å². The van der Waals surface area contributed by atoms with E-state index in [1.54, 1.807) is 0 Å². The first-order valence-electron chi connectivity index (χ1n) is 5.44. The summed E-state index contributed by atoms with van der Waals surface area (Å²) in [5.41, 5.74) is 0. The van der Waals surface area contributed by atoms with Crippen LogP contribution in [0.25, 0.3) is 0 Å². The van der Waals surface area contributed by atoms with Crippen LogP contribution in [0, 0.1) is 11.8 Å². The summed E-state index contributed by atoms with van der Waals surface area (Å²) in [5.74, 6) is -0.269. The quantitative estimate of drug-likeness (QED) is 0.667. The van der Waals surface area contributed by atoms with Crippen molar-refractivity contribution in [3.05, 3.63) is 0 Å². The van der Waals surface area contributed by atoms with Gasteiger partial charge in [-0.15, -0.1) is 0 Å². The predicted octanol–water partition coefficient (Wildman–Crippen LogP) is 2.29. The summed E-state index contributed by atoms with van der Waals surface area (Å²) < 4.78 is 23.7. The molecule has 0 N–H and O–H groups in total. The van der Waals surface area contributed by atoms with Crippen LogP contribution in [0.3, 0.4) is 0 Å². The van der Waals surface area contributed by atoms with Crippen molar-refractivity contribution in [2.24, 2.45) is 11.8 Å². The van der Waals surface area contributed by atoms with Crippen molar-refractivity contribution in [1.29, 1.82) is 0 Å². The molecule has 0 aromatic heterocycles. The Kier molecular flexibility index (Phi) is 4.08. The van der Waals surface area contributed by atoms with Gasteiger partial charge in [0.05, 0.1) is 6.10 Å². The third-order valence-corrected chi connectivity index (χ3v) is 3.20. The highest BCUT2D eigenvalue weighted by molar-refractivity contribution is 5.66. The second-order valence-electron chi connectivity index (χ2n) is 4.23. The lowest BCUT2D eigenvalue weighted by Gasteiger charge is -2.40. The van der Waals surface area contributed by atoms with E-state index in [1.807, 2.05) is 20.8 Å². The first-order valence-corrected chi connectivity index (χ1v) is 5.44. The normalized spacial score (nSPS) is 41.3. The van der Waals surface area contributed by atoms with Crippen LogP contribution in [0.2, 0.25) is 0 Å². The maximum Gasteiger partial charge on any atom is 0.303 e. The molecule has 15 heavy (non-hydrogen) atoms. The number of hydrogen-bond donors (Lipinski definition) is 0. The van der Waals surface area contributed by atoms with E-state index in [-0.39, 0.29) is 17.9 Å². The second kappa shape index (κ2) is 4.92. The molecule has 3 nitrogen and oxygen atoms in total. The monoisotopic (exact) mass is 218 g/mol. The third kappa shape index (κ3) is 2.68. The highest BCUT2D eigenvalue weighted by Crippen LogP contribution is 2.34. The fourth-order valence-corrected chi connectivity index (χ4v) is 2.07. The van der Waals surface area contributed by atoms with Crippen molar-refractivity contribution in [1.82, 2.24) is 0 Å². The Labute approximate surface area is 89.9 Å². The minimum absolute atomic E-state index is 0.0115. The standard InChI is InChI=1S/C11H19FO3/c1-5-9-6(2)7(3)10(11(12)15-9)14-8(4)13/h6-7,9-11H,5H2,1-4H3/t6-,7-,9?,10?,11+/m0/s1. The fourth-order valence-electron chi connectivity index (χ4n) is 2.07. The van der Waals surface area contributed by atoms with E-state index < -0.39 is 18.4 Å². The first-order chi connectivity index (χ1) is 6.97. The summed E-state index contributed by atoms with van der Waals surface area (Å²) >= 11 is 0. The van der Waals surface area contributed by atoms with E-state index in [4.69, 9.17) is 9.47 Å². The number of rotatable bonds is 2. The van der Waals surface area contributed by atoms with Crippen LogP contribution < -0.4 is 0 Å². The van der Waals surface area contributed by atoms with E-state index in [1.165, 1.54) is 6.92 Å². The zero-order chi connectivity index (χ0) is 11.6.